The van der Waals surface area contributed by atoms with Crippen LogP contribution in [-0.4, -0.2) is 0 Å². The number of rotatable bonds is 3. The first kappa shape index (κ1) is 8.67. The van der Waals surface area contributed by atoms with Crippen molar-refractivity contribution in [1.82, 2.24) is 0 Å². The molecule has 0 spiro atoms. The van der Waals surface area contributed by atoms with Crippen LogP contribution in [0.3, 0.4) is 0 Å². The van der Waals surface area contributed by atoms with Crippen molar-refractivity contribution < 1.29 is 25.8 Å². The topological polar surface area (TPSA) is 17.1 Å². The molecule has 0 radical (unpaired) electrons. The Bertz CT molecular complexity index is 70.9. The zero-order chi connectivity index (χ0) is 6.57. The van der Waals surface area contributed by atoms with Crippen LogP contribution in [0, 0.1) is 5.92 Å². The summed E-state index contributed by atoms with van der Waals surface area (Å²) >= 11 is -1.37. The van der Waals surface area contributed by atoms with Gasteiger partial charge < -0.3 is 0 Å². The molecule has 1 atom stereocenters. The molecule has 0 rings (SSSR count). The van der Waals surface area contributed by atoms with Gasteiger partial charge in [-0.25, -0.2) is 0 Å². The summed E-state index contributed by atoms with van der Waals surface area (Å²) in [6.07, 6.45) is 1.16. The van der Waals surface area contributed by atoms with Crippen molar-refractivity contribution in [3.63, 3.8) is 0 Å². The molecule has 0 bridgehead atoms. The molecule has 0 saturated heterocycles. The van der Waals surface area contributed by atoms with Crippen LogP contribution < -0.4 is 0 Å². The first-order valence-electron chi connectivity index (χ1n) is 3.04. The Balaban J connectivity index is 3.23. The van der Waals surface area contributed by atoms with Gasteiger partial charge in [0.1, 0.15) is 0 Å². The van der Waals surface area contributed by atoms with E-state index in [0.717, 1.165) is 12.3 Å². The fourth-order valence-corrected chi connectivity index (χ4v) is 2.79. The standard InChI is InChI=1S/C6H13.Hf.O/c1-4-5-6(2)3;;/h4,6H,5H2,1-3H3;;. The summed E-state index contributed by atoms with van der Waals surface area (Å²) < 4.78 is 10.9. The SMILES string of the molecule is CC(C)C[CH](C)[Hf]=[O]. The molecule has 0 amide bonds. The molecule has 0 heterocycles. The van der Waals surface area contributed by atoms with Gasteiger partial charge in [0.05, 0.1) is 0 Å². The number of hydrogen-bond donors (Lipinski definition) is 0. The zero-order valence-electron chi connectivity index (χ0n) is 5.77. The van der Waals surface area contributed by atoms with Gasteiger partial charge in [-0.3, -0.25) is 0 Å². The predicted molar refractivity (Wildman–Crippen MR) is 29.6 cm³/mol. The van der Waals surface area contributed by atoms with Crippen molar-refractivity contribution in [3.05, 3.63) is 0 Å². The molecule has 0 fully saturated rings. The van der Waals surface area contributed by atoms with Crippen LogP contribution in [0.2, 0.25) is 3.67 Å². The summed E-state index contributed by atoms with van der Waals surface area (Å²) in [7, 11) is 0. The van der Waals surface area contributed by atoms with Gasteiger partial charge in [0.2, 0.25) is 0 Å². The predicted octanol–water partition coefficient (Wildman–Crippen LogP) is 2.27. The third-order valence-corrected chi connectivity index (χ3v) is 3.32. The van der Waals surface area contributed by atoms with Gasteiger partial charge in [-0.2, -0.15) is 0 Å². The van der Waals surface area contributed by atoms with Crippen molar-refractivity contribution in [2.24, 2.45) is 5.92 Å². The molecular formula is C6H13HfO. The van der Waals surface area contributed by atoms with E-state index < -0.39 is 22.9 Å². The molecule has 1 unspecified atom stereocenters. The van der Waals surface area contributed by atoms with Crippen molar-refractivity contribution >= 4 is 0 Å². The molecule has 0 N–H and O–H groups in total. The van der Waals surface area contributed by atoms with Crippen LogP contribution in [-0.2, 0) is 25.8 Å². The quantitative estimate of drug-likeness (QED) is 0.725. The minimum atomic E-state index is -1.37. The van der Waals surface area contributed by atoms with E-state index in [4.69, 9.17) is 0 Å². The van der Waals surface area contributed by atoms with Crippen LogP contribution in [0.15, 0.2) is 0 Å². The van der Waals surface area contributed by atoms with E-state index in [1.807, 2.05) is 0 Å². The van der Waals surface area contributed by atoms with E-state index in [9.17, 15) is 2.85 Å². The summed E-state index contributed by atoms with van der Waals surface area (Å²) in [4.78, 5) is 0. The first-order chi connectivity index (χ1) is 3.66. The molecule has 0 aliphatic carbocycles. The fraction of sp³-hybridized carbons (Fsp3) is 1.00. The van der Waals surface area contributed by atoms with Crippen LogP contribution in [0.5, 0.6) is 0 Å². The van der Waals surface area contributed by atoms with E-state index >= 15 is 0 Å². The summed E-state index contributed by atoms with van der Waals surface area (Å²) in [5.41, 5.74) is 0. The molecule has 1 nitrogen and oxygen atoms in total. The minimum absolute atomic E-state index is 0.565. The molecular weight excluding hydrogens is 267 g/mol. The summed E-state index contributed by atoms with van der Waals surface area (Å²) in [6.45, 7) is 6.45. The maximum atomic E-state index is 10.4. The Kier molecular flexibility index (Phi) is 4.92. The third kappa shape index (κ3) is 4.82. The second-order valence-corrected chi connectivity index (χ2v) is 7.04. The average molecular weight is 280 g/mol. The Morgan fingerprint density at radius 1 is 1.38 bits per heavy atom. The number of hydrogen-bond acceptors (Lipinski definition) is 1. The molecule has 0 aliphatic rings. The molecule has 0 aliphatic heterocycles. The first-order valence-corrected chi connectivity index (χ1v) is 6.58. The van der Waals surface area contributed by atoms with Crippen LogP contribution in [0.4, 0.5) is 0 Å². The molecule has 0 aromatic rings. The molecule has 8 heavy (non-hydrogen) atoms. The second-order valence-electron chi connectivity index (χ2n) is 2.65. The molecule has 0 aromatic carbocycles. The van der Waals surface area contributed by atoms with E-state index in [1.165, 1.54) is 0 Å². The maximum absolute atomic E-state index is 10.4. The fourth-order valence-electron chi connectivity index (χ4n) is 0.755. The summed E-state index contributed by atoms with van der Waals surface area (Å²) in [6, 6.07) is 0. The van der Waals surface area contributed by atoms with Gasteiger partial charge in [-0.05, 0) is 0 Å². The van der Waals surface area contributed by atoms with Gasteiger partial charge >= 0.3 is 62.5 Å². The molecule has 2 heteroatoms. The Morgan fingerprint density at radius 3 is 2.00 bits per heavy atom. The summed E-state index contributed by atoms with van der Waals surface area (Å²) in [5.74, 6) is 0.728. The van der Waals surface area contributed by atoms with E-state index in [-0.39, 0.29) is 0 Å². The molecule has 0 saturated carbocycles. The van der Waals surface area contributed by atoms with Crippen molar-refractivity contribution in [2.45, 2.75) is 30.9 Å². The Morgan fingerprint density at radius 2 is 1.88 bits per heavy atom. The van der Waals surface area contributed by atoms with Gasteiger partial charge in [-0.15, -0.1) is 0 Å². The van der Waals surface area contributed by atoms with Gasteiger partial charge in [0, 0.05) is 0 Å². The van der Waals surface area contributed by atoms with Crippen LogP contribution in [0.1, 0.15) is 27.2 Å². The van der Waals surface area contributed by atoms with E-state index in [2.05, 4.69) is 20.8 Å². The van der Waals surface area contributed by atoms with Crippen molar-refractivity contribution in [1.29, 1.82) is 0 Å². The van der Waals surface area contributed by atoms with E-state index in [0.29, 0.717) is 3.67 Å². The van der Waals surface area contributed by atoms with Crippen molar-refractivity contribution in [3.8, 4) is 0 Å². The van der Waals surface area contributed by atoms with Gasteiger partial charge in [0.15, 0.2) is 0 Å². The monoisotopic (exact) mass is 281 g/mol. The second kappa shape index (κ2) is 4.54. The average Bonchev–Trinajstić information content (AvgIpc) is 1.65. The molecule has 0 aromatic heterocycles. The van der Waals surface area contributed by atoms with Crippen LogP contribution >= 0.6 is 0 Å². The summed E-state index contributed by atoms with van der Waals surface area (Å²) in [5, 5.41) is 0. The van der Waals surface area contributed by atoms with Crippen molar-refractivity contribution in [2.75, 3.05) is 0 Å². The third-order valence-electron chi connectivity index (χ3n) is 1.03. The van der Waals surface area contributed by atoms with E-state index in [1.54, 1.807) is 0 Å². The normalized spacial score (nSPS) is 13.5. The van der Waals surface area contributed by atoms with Gasteiger partial charge in [-0.1, -0.05) is 0 Å². The zero-order valence-corrected chi connectivity index (χ0v) is 9.36. The Labute approximate surface area is 62.6 Å². The van der Waals surface area contributed by atoms with Gasteiger partial charge in [0.25, 0.3) is 0 Å². The molecule has 47 valence electrons. The Hall–Kier alpha value is 0.670. The van der Waals surface area contributed by atoms with Crippen LogP contribution in [0.25, 0.3) is 0 Å².